The molecule has 734 valence electrons. The molecule has 131 heavy (non-hydrogen) atoms. The highest BCUT2D eigenvalue weighted by molar-refractivity contribution is 7.81. The summed E-state index contributed by atoms with van der Waals surface area (Å²) >= 11 is 8.78. The summed E-state index contributed by atoms with van der Waals surface area (Å²) in [5.74, 6) is -20.4. The van der Waals surface area contributed by atoms with Crippen molar-refractivity contribution in [3.63, 3.8) is 0 Å². The lowest BCUT2D eigenvalue weighted by atomic mass is 9.95. The Labute approximate surface area is 769 Å². The van der Waals surface area contributed by atoms with Crippen LogP contribution in [0.2, 0.25) is 0 Å². The molecular formula is C81H135N25O23S2. The number of aliphatic imine (C=N–C) groups is 1. The van der Waals surface area contributed by atoms with Gasteiger partial charge in [0.2, 0.25) is 94.5 Å². The van der Waals surface area contributed by atoms with Crippen LogP contribution in [-0.4, -0.2) is 314 Å². The van der Waals surface area contributed by atoms with Gasteiger partial charge in [-0.2, -0.15) is 25.3 Å². The Morgan fingerprint density at radius 3 is 1.26 bits per heavy atom. The van der Waals surface area contributed by atoms with Crippen LogP contribution in [0, 0.1) is 11.8 Å². The standard InChI is InChI=1S/C81H135N25O23S2/c1-8-40(4)61(103-74(123)58-34-46(111)36-106(58)78(127)60(88)39(2)3)75(124)105-63(81(6,7)131)77(126)99-53(32-42-14-18-44(109)19-15-42)70(119)101-56(37-107)72(121)98-54(35-59(87)112)71(120)93-48(13-11-31-91-80(89)90)65(114)96-52(25-30-86)69(118)104-62(41(5)108)76(125)97-51(24-29-85)67(116)92-47(12-9-10-26-82)64(113)94-49(22-27-83)66(115)95-50(23-28-84)68(117)102-57(38-130)73(122)100-55(79(128)129)33-43-16-20-45(110)21-17-43/h14-21,39-41,46-58,60-63,107-111,130-131H,8-13,22-38,82-86,88H2,1-7H3,(H2,87,112)(H,92,116)(H,93,120)(H,94,113)(H,95,115)(H,96,114)(H,97,125)(H,98,121)(H,99,126)(H,100,122)(H,101,119)(H,102,117)(H,103,123)(H,104,118)(H,105,124)(H,128,129)(H4,89,90,91)/t40-,41+,46+,47-,48-,49-,50+,51+,52-,53-,54-,55-,56-,57-,58-,60-,61-,62-,63+/m0/s1. The first-order chi connectivity index (χ1) is 61.6. The molecule has 0 saturated carbocycles. The number of guanidine groups is 1. The van der Waals surface area contributed by atoms with Crippen LogP contribution >= 0.6 is 25.3 Å². The van der Waals surface area contributed by atoms with Gasteiger partial charge in [-0.15, -0.1) is 0 Å². The van der Waals surface area contributed by atoms with Crippen LogP contribution in [0.1, 0.15) is 137 Å². The third kappa shape index (κ3) is 38.5. The van der Waals surface area contributed by atoms with Gasteiger partial charge in [-0.05, 0) is 159 Å². The number of carboxylic acid groups (broad SMARTS) is 1. The van der Waals surface area contributed by atoms with E-state index in [9.17, 15) is 112 Å². The van der Waals surface area contributed by atoms with E-state index in [0.29, 0.717) is 24.0 Å². The van der Waals surface area contributed by atoms with E-state index in [1.54, 1.807) is 27.7 Å². The maximum atomic E-state index is 14.7. The summed E-state index contributed by atoms with van der Waals surface area (Å²) in [6.45, 7) is 8.12. The molecule has 50 heteroatoms. The number of nitrogens with zero attached hydrogens (tertiary/aromatic N) is 2. The SMILES string of the molecule is CC[C@H](C)[C@H](NC(=O)[C@@H]1C[C@@H](O)CN1C(=O)[C@@H](N)C(C)C)C(=O)N[C@H](C(=O)N[C@@H](Cc1ccc(O)cc1)C(=O)N[C@@H](CO)C(=O)N[C@@H](CC(N)=O)C(=O)N[C@@H](CCCN=C(N)N)C(=O)N[C@@H](CCN)C(=O)N[C@H](C(=O)N[C@H](CCN)C(=O)N[C@@H](CCCCN)C(=O)N[C@@H](CCN)C(=O)N[C@H](CCN)C(=O)N[C@@H](CS)C(=O)N[C@@H](Cc1ccc(O)cc1)C(=O)O)[C@@H](C)O)C(C)(C)S. The fourth-order valence-corrected chi connectivity index (χ4v) is 13.8. The fourth-order valence-electron chi connectivity index (χ4n) is 13.4. The van der Waals surface area contributed by atoms with Crippen molar-refractivity contribution >= 4 is 132 Å². The maximum absolute atomic E-state index is 14.7. The molecule has 0 spiro atoms. The second-order valence-electron chi connectivity index (χ2n) is 32.7. The number of hydrogen-bond acceptors (Lipinski definition) is 31. The second kappa shape index (κ2) is 57.1. The Balaban J connectivity index is 1.90. The van der Waals surface area contributed by atoms with Gasteiger partial charge in [0.25, 0.3) is 0 Å². The van der Waals surface area contributed by atoms with Gasteiger partial charge in [0.1, 0.15) is 102 Å². The predicted octanol–water partition coefficient (Wildman–Crippen LogP) is -10.8. The van der Waals surface area contributed by atoms with Gasteiger partial charge in [0.15, 0.2) is 5.96 Å². The molecule has 48 nitrogen and oxygen atoms in total. The molecule has 1 heterocycles. The Hall–Kier alpha value is -11.4. The summed E-state index contributed by atoms with van der Waals surface area (Å²) in [5, 5.41) is 96.3. The summed E-state index contributed by atoms with van der Waals surface area (Å²) in [4.78, 5) is 243. The van der Waals surface area contributed by atoms with E-state index in [1.807, 2.05) is 0 Å². The fraction of sp³-hybridized carbons (Fsp3) is 0.630. The smallest absolute Gasteiger partial charge is 0.326 e. The number of nitrogens with two attached hydrogens (primary N) is 9. The average molecular weight is 1890 g/mol. The molecule has 19 atom stereocenters. The Kier molecular flexibility index (Phi) is 49.6. The molecule has 1 aliphatic rings. The number of thiol groups is 2. The number of amides is 16. The number of aliphatic carboxylic acids is 1. The quantitative estimate of drug-likeness (QED) is 0.0127. The third-order valence-electron chi connectivity index (χ3n) is 21.2. The highest BCUT2D eigenvalue weighted by Gasteiger charge is 2.46. The zero-order valence-corrected chi connectivity index (χ0v) is 76.3. The van der Waals surface area contributed by atoms with Crippen LogP contribution in [0.3, 0.4) is 0 Å². The topological polar surface area (TPSA) is 830 Å². The lowest BCUT2D eigenvalue weighted by Gasteiger charge is -2.34. The van der Waals surface area contributed by atoms with E-state index in [1.165, 1.54) is 62.4 Å². The van der Waals surface area contributed by atoms with Gasteiger partial charge in [0, 0.05) is 42.9 Å². The number of phenols is 2. The maximum Gasteiger partial charge on any atom is 0.326 e. The van der Waals surface area contributed by atoms with Crippen molar-refractivity contribution in [1.29, 1.82) is 0 Å². The first-order valence-electron chi connectivity index (χ1n) is 42.9. The van der Waals surface area contributed by atoms with Crippen molar-refractivity contribution in [2.24, 2.45) is 68.4 Å². The largest absolute Gasteiger partial charge is 0.508 e. The molecule has 1 aliphatic heterocycles. The molecule has 3 rings (SSSR count). The molecule has 2 aromatic carbocycles. The van der Waals surface area contributed by atoms with Crippen LogP contribution in [0.5, 0.6) is 11.5 Å². The van der Waals surface area contributed by atoms with E-state index in [0.717, 1.165) is 11.8 Å². The molecule has 1 fully saturated rings. The number of rotatable bonds is 59. The van der Waals surface area contributed by atoms with Crippen molar-refractivity contribution in [3.05, 3.63) is 59.7 Å². The number of benzene rings is 2. The van der Waals surface area contributed by atoms with Gasteiger partial charge >= 0.3 is 5.97 Å². The summed E-state index contributed by atoms with van der Waals surface area (Å²) in [6, 6.07) is -14.8. The van der Waals surface area contributed by atoms with Crippen molar-refractivity contribution in [1.82, 2.24) is 79.3 Å². The number of aliphatic hydroxyl groups is 3. The number of aliphatic hydroxyl groups excluding tert-OH is 3. The molecule has 16 amide bonds. The summed E-state index contributed by atoms with van der Waals surface area (Å²) < 4.78 is -1.48. The first kappa shape index (κ1) is 114. The van der Waals surface area contributed by atoms with Crippen molar-refractivity contribution in [3.8, 4) is 11.5 Å². The number of phenolic OH excluding ortho intramolecular Hbond substituents is 2. The zero-order valence-electron chi connectivity index (χ0n) is 74.5. The highest BCUT2D eigenvalue weighted by atomic mass is 32.1. The number of likely N-dealkylation sites (tertiary alicyclic amines) is 1. The molecule has 0 radical (unpaired) electrons. The summed E-state index contributed by atoms with van der Waals surface area (Å²) in [7, 11) is 0. The Bertz CT molecular complexity index is 4190. The van der Waals surface area contributed by atoms with Crippen molar-refractivity contribution in [2.75, 3.05) is 58.2 Å². The number of carbonyl (C=O) groups excluding carboxylic acids is 16. The van der Waals surface area contributed by atoms with Crippen LogP contribution in [0.4, 0.5) is 0 Å². The van der Waals surface area contributed by atoms with Crippen LogP contribution in [0.15, 0.2) is 53.5 Å². The normalized spacial score (nSPS) is 17.0. The highest BCUT2D eigenvalue weighted by Crippen LogP contribution is 2.25. The lowest BCUT2D eigenvalue weighted by Crippen LogP contribution is -2.64. The first-order valence-corrected chi connectivity index (χ1v) is 44.0. The number of β-amino-alcohol motifs (C(OH)–C–C–N with tert-alkyl or cyclic N) is 1. The van der Waals surface area contributed by atoms with Crippen molar-refractivity contribution in [2.45, 2.75) is 252 Å². The summed E-state index contributed by atoms with van der Waals surface area (Å²) in [5.41, 5.74) is 52.9. The second-order valence-corrected chi connectivity index (χ2v) is 34.2. The van der Waals surface area contributed by atoms with Gasteiger partial charge in [0.05, 0.1) is 31.3 Å². The molecule has 0 aliphatic carbocycles. The number of nitrogens with one attached hydrogen (secondary N) is 14. The average Bonchev–Trinajstić information content (AvgIpc) is 1.72. The lowest BCUT2D eigenvalue weighted by molar-refractivity contribution is -0.142. The number of unbranched alkanes of at least 4 members (excludes halogenated alkanes) is 1. The number of hydrogen-bond donors (Lipinski definition) is 31. The van der Waals surface area contributed by atoms with Gasteiger partial charge in [-0.25, -0.2) is 4.79 Å². The summed E-state index contributed by atoms with van der Waals surface area (Å²) in [6.07, 6.45) is -5.82. The minimum Gasteiger partial charge on any atom is -0.508 e. The van der Waals surface area contributed by atoms with Crippen LogP contribution < -0.4 is 126 Å². The Morgan fingerprint density at radius 1 is 0.481 bits per heavy atom. The van der Waals surface area contributed by atoms with Gasteiger partial charge < -0.3 is 162 Å². The minimum atomic E-state index is -2.04. The molecule has 38 N–H and O–H groups in total. The molecule has 0 unspecified atom stereocenters. The molecular weight excluding hydrogens is 1760 g/mol. The predicted molar refractivity (Wildman–Crippen MR) is 484 cm³/mol. The molecule has 0 aromatic heterocycles. The van der Waals surface area contributed by atoms with E-state index in [4.69, 9.17) is 51.6 Å². The molecule has 2 aromatic rings. The van der Waals surface area contributed by atoms with Gasteiger partial charge in [-0.3, -0.25) is 81.7 Å². The third-order valence-corrected chi connectivity index (χ3v) is 21.8. The Morgan fingerprint density at radius 2 is 0.855 bits per heavy atom. The van der Waals surface area contributed by atoms with E-state index >= 15 is 0 Å². The molecule has 0 bridgehead atoms. The number of carbonyl (C=O) groups is 17. The van der Waals surface area contributed by atoms with Crippen molar-refractivity contribution < 1.29 is 112 Å². The van der Waals surface area contributed by atoms with E-state index in [-0.39, 0.29) is 133 Å². The number of carboxylic acids is 1. The van der Waals surface area contributed by atoms with E-state index < -0.39 is 246 Å². The number of primary amides is 1. The van der Waals surface area contributed by atoms with Crippen LogP contribution in [-0.2, 0) is 94.3 Å². The monoisotopic (exact) mass is 1890 g/mol. The van der Waals surface area contributed by atoms with Gasteiger partial charge in [-0.1, -0.05) is 58.4 Å². The zero-order chi connectivity index (χ0) is 98.9. The molecule has 1 saturated heterocycles. The number of aromatic hydroxyl groups is 2. The van der Waals surface area contributed by atoms with E-state index in [2.05, 4.69) is 105 Å². The van der Waals surface area contributed by atoms with Crippen LogP contribution in [0.25, 0.3) is 0 Å². The minimum absolute atomic E-state index is 0.0833.